The van der Waals surface area contributed by atoms with Gasteiger partial charge in [0.2, 0.25) is 5.91 Å². The first-order valence-corrected chi connectivity index (χ1v) is 11.2. The van der Waals surface area contributed by atoms with E-state index in [1.165, 1.54) is 31.4 Å². The number of methoxy groups -OCH3 is 1. The number of alkyl halides is 3. The standard InChI is InChI=1S/C23H21F3N2O4S/c1-16-3-9-19(10-4-16)28(33(30,31)21-13-11-20(32-2)12-14-21)15-22(29)27-18-7-5-17(6-8-18)23(24,25)26/h3-14H,15H2,1-2H3,(H,27,29). The first kappa shape index (κ1) is 24.1. The molecule has 0 fully saturated rings. The number of carbonyl (C=O) groups excluding carboxylic acids is 1. The molecule has 3 aromatic rings. The SMILES string of the molecule is COc1ccc(S(=O)(=O)N(CC(=O)Nc2ccc(C(F)(F)F)cc2)c2ccc(C)cc2)cc1. The summed E-state index contributed by atoms with van der Waals surface area (Å²) in [6, 6.07) is 16.1. The molecule has 0 aliphatic heterocycles. The number of ether oxygens (including phenoxy) is 1. The number of carbonyl (C=O) groups is 1. The number of hydrogen-bond donors (Lipinski definition) is 1. The molecule has 0 saturated carbocycles. The zero-order valence-corrected chi connectivity index (χ0v) is 18.6. The molecule has 0 bridgehead atoms. The maximum Gasteiger partial charge on any atom is 0.416 e. The Labute approximate surface area is 189 Å². The topological polar surface area (TPSA) is 75.7 Å². The second kappa shape index (κ2) is 9.53. The summed E-state index contributed by atoms with van der Waals surface area (Å²) in [5, 5.41) is 2.44. The van der Waals surface area contributed by atoms with Crippen molar-refractivity contribution < 1.29 is 31.1 Å². The molecule has 6 nitrogen and oxygen atoms in total. The summed E-state index contributed by atoms with van der Waals surface area (Å²) in [5.41, 5.74) is 0.413. The summed E-state index contributed by atoms with van der Waals surface area (Å²) < 4.78 is 70.9. The molecule has 0 heterocycles. The number of rotatable bonds is 7. The van der Waals surface area contributed by atoms with Crippen LogP contribution in [0, 0.1) is 6.92 Å². The fourth-order valence-electron chi connectivity index (χ4n) is 2.97. The second-order valence-electron chi connectivity index (χ2n) is 7.15. The van der Waals surface area contributed by atoms with E-state index in [0.29, 0.717) is 5.75 Å². The molecule has 0 radical (unpaired) electrons. The number of nitrogens with one attached hydrogen (secondary N) is 1. The maximum atomic E-state index is 13.3. The number of aryl methyl sites for hydroxylation is 1. The van der Waals surface area contributed by atoms with E-state index in [1.807, 2.05) is 6.92 Å². The number of hydrogen-bond acceptors (Lipinski definition) is 4. The van der Waals surface area contributed by atoms with E-state index in [9.17, 15) is 26.4 Å². The van der Waals surface area contributed by atoms with Crippen LogP contribution < -0.4 is 14.4 Å². The van der Waals surface area contributed by atoms with Gasteiger partial charge in [0, 0.05) is 5.69 Å². The summed E-state index contributed by atoms with van der Waals surface area (Å²) in [6.07, 6.45) is -4.50. The zero-order chi connectivity index (χ0) is 24.2. The number of sulfonamides is 1. The van der Waals surface area contributed by atoms with E-state index >= 15 is 0 Å². The van der Waals surface area contributed by atoms with Crippen molar-refractivity contribution in [1.29, 1.82) is 0 Å². The van der Waals surface area contributed by atoms with Gasteiger partial charge < -0.3 is 10.1 Å². The normalized spacial score (nSPS) is 11.7. The van der Waals surface area contributed by atoms with Gasteiger partial charge in [-0.3, -0.25) is 9.10 Å². The molecule has 3 aromatic carbocycles. The smallest absolute Gasteiger partial charge is 0.416 e. The minimum atomic E-state index is -4.50. The lowest BCUT2D eigenvalue weighted by Crippen LogP contribution is -2.38. The Balaban J connectivity index is 1.88. The number of amides is 1. The van der Waals surface area contributed by atoms with Crippen LogP contribution in [-0.4, -0.2) is 28.0 Å². The molecule has 0 aromatic heterocycles. The van der Waals surface area contributed by atoms with Crippen LogP contribution in [0.3, 0.4) is 0 Å². The van der Waals surface area contributed by atoms with E-state index in [-0.39, 0.29) is 16.3 Å². The van der Waals surface area contributed by atoms with E-state index in [2.05, 4.69) is 5.32 Å². The van der Waals surface area contributed by atoms with Crippen molar-refractivity contribution in [2.75, 3.05) is 23.3 Å². The van der Waals surface area contributed by atoms with Crippen LogP contribution in [0.4, 0.5) is 24.5 Å². The van der Waals surface area contributed by atoms with Gasteiger partial charge in [0.05, 0.1) is 23.3 Å². The van der Waals surface area contributed by atoms with Gasteiger partial charge in [-0.05, 0) is 67.6 Å². The Morgan fingerprint density at radius 1 is 0.939 bits per heavy atom. The number of halogens is 3. The molecule has 0 spiro atoms. The number of nitrogens with zero attached hydrogens (tertiary/aromatic N) is 1. The Morgan fingerprint density at radius 2 is 1.52 bits per heavy atom. The molecule has 33 heavy (non-hydrogen) atoms. The third kappa shape index (κ3) is 5.83. The van der Waals surface area contributed by atoms with Gasteiger partial charge in [-0.25, -0.2) is 8.42 Å². The summed E-state index contributed by atoms with van der Waals surface area (Å²) in [4.78, 5) is 12.6. The summed E-state index contributed by atoms with van der Waals surface area (Å²) in [5.74, 6) is -0.247. The molecular weight excluding hydrogens is 457 g/mol. The average Bonchev–Trinajstić information content (AvgIpc) is 2.78. The van der Waals surface area contributed by atoms with Crippen LogP contribution in [0.5, 0.6) is 5.75 Å². The van der Waals surface area contributed by atoms with Crippen LogP contribution in [0.1, 0.15) is 11.1 Å². The van der Waals surface area contributed by atoms with Crippen molar-refractivity contribution in [3.8, 4) is 5.75 Å². The predicted molar refractivity (Wildman–Crippen MR) is 119 cm³/mol. The van der Waals surface area contributed by atoms with Crippen molar-refractivity contribution in [2.45, 2.75) is 18.0 Å². The quantitative estimate of drug-likeness (QED) is 0.527. The minimum absolute atomic E-state index is 0.0498. The molecule has 3 rings (SSSR count). The van der Waals surface area contributed by atoms with Gasteiger partial charge in [-0.1, -0.05) is 17.7 Å². The summed E-state index contributed by atoms with van der Waals surface area (Å²) in [7, 11) is -2.69. The van der Waals surface area contributed by atoms with Crippen LogP contribution in [-0.2, 0) is 21.0 Å². The van der Waals surface area contributed by atoms with Crippen LogP contribution in [0.15, 0.2) is 77.7 Å². The van der Waals surface area contributed by atoms with E-state index in [4.69, 9.17) is 4.74 Å². The molecule has 1 N–H and O–H groups in total. The van der Waals surface area contributed by atoms with E-state index in [0.717, 1.165) is 34.1 Å². The zero-order valence-electron chi connectivity index (χ0n) is 17.8. The van der Waals surface area contributed by atoms with Gasteiger partial charge in [0.15, 0.2) is 0 Å². The maximum absolute atomic E-state index is 13.3. The highest BCUT2D eigenvalue weighted by atomic mass is 32.2. The molecule has 0 aliphatic rings. The number of anilines is 2. The molecule has 0 aliphatic carbocycles. The lowest BCUT2D eigenvalue weighted by Gasteiger charge is -2.24. The molecule has 10 heteroatoms. The highest BCUT2D eigenvalue weighted by molar-refractivity contribution is 7.92. The molecule has 1 amide bonds. The highest BCUT2D eigenvalue weighted by Crippen LogP contribution is 2.30. The first-order valence-electron chi connectivity index (χ1n) is 9.71. The van der Waals surface area contributed by atoms with Crippen molar-refractivity contribution in [3.63, 3.8) is 0 Å². The highest BCUT2D eigenvalue weighted by Gasteiger charge is 2.30. The Hall–Kier alpha value is -3.53. The predicted octanol–water partition coefficient (Wildman–Crippen LogP) is 4.86. The van der Waals surface area contributed by atoms with Crippen LogP contribution in [0.2, 0.25) is 0 Å². The van der Waals surface area contributed by atoms with Gasteiger partial charge >= 0.3 is 6.18 Å². The van der Waals surface area contributed by atoms with Gasteiger partial charge in [0.1, 0.15) is 12.3 Å². The third-order valence-corrected chi connectivity index (χ3v) is 6.54. The molecular formula is C23H21F3N2O4S. The average molecular weight is 478 g/mol. The van der Waals surface area contributed by atoms with Gasteiger partial charge in [-0.15, -0.1) is 0 Å². The number of benzene rings is 3. The summed E-state index contributed by atoms with van der Waals surface area (Å²) in [6.45, 7) is 1.25. The van der Waals surface area contributed by atoms with Gasteiger partial charge in [0.25, 0.3) is 10.0 Å². The van der Waals surface area contributed by atoms with E-state index in [1.54, 1.807) is 24.3 Å². The van der Waals surface area contributed by atoms with Crippen molar-refractivity contribution >= 4 is 27.3 Å². The molecule has 174 valence electrons. The van der Waals surface area contributed by atoms with Crippen molar-refractivity contribution in [2.24, 2.45) is 0 Å². The van der Waals surface area contributed by atoms with Crippen LogP contribution in [0.25, 0.3) is 0 Å². The Morgan fingerprint density at radius 3 is 2.03 bits per heavy atom. The second-order valence-corrected chi connectivity index (χ2v) is 9.01. The Bertz CT molecular complexity index is 1210. The Kier molecular flexibility index (Phi) is 6.97. The monoisotopic (exact) mass is 478 g/mol. The molecule has 0 saturated heterocycles. The fraction of sp³-hybridized carbons (Fsp3) is 0.174. The fourth-order valence-corrected chi connectivity index (χ4v) is 4.40. The molecule has 0 atom stereocenters. The summed E-state index contributed by atoms with van der Waals surface area (Å²) >= 11 is 0. The lowest BCUT2D eigenvalue weighted by atomic mass is 10.2. The first-order chi connectivity index (χ1) is 15.5. The van der Waals surface area contributed by atoms with E-state index < -0.39 is 34.2 Å². The third-order valence-electron chi connectivity index (χ3n) is 4.75. The molecule has 0 unspecified atom stereocenters. The van der Waals surface area contributed by atoms with Crippen LogP contribution >= 0.6 is 0 Å². The minimum Gasteiger partial charge on any atom is -0.497 e. The van der Waals surface area contributed by atoms with Crippen molar-refractivity contribution in [1.82, 2.24) is 0 Å². The van der Waals surface area contributed by atoms with Crippen molar-refractivity contribution in [3.05, 3.63) is 83.9 Å². The largest absolute Gasteiger partial charge is 0.497 e. The lowest BCUT2D eigenvalue weighted by molar-refractivity contribution is -0.137. The van der Waals surface area contributed by atoms with Gasteiger partial charge in [-0.2, -0.15) is 13.2 Å².